The van der Waals surface area contributed by atoms with Gasteiger partial charge in [-0.2, -0.15) is 0 Å². The molecular formula is C23H25ClO5. The SMILES string of the molecule is CCCCCCCCC(=O)Oc1ccc(C(=O)Oc2ccc(C(=O)Cl)cc2)cc1. The molecule has 0 aliphatic rings. The Morgan fingerprint density at radius 2 is 1.24 bits per heavy atom. The Bertz CT molecular complexity index is 812. The summed E-state index contributed by atoms with van der Waals surface area (Å²) in [6.45, 7) is 2.17. The second kappa shape index (κ2) is 12.0. The number of halogens is 1. The molecule has 0 aliphatic heterocycles. The second-order valence-corrected chi connectivity index (χ2v) is 7.05. The van der Waals surface area contributed by atoms with Crippen LogP contribution in [0, 0.1) is 0 Å². The van der Waals surface area contributed by atoms with Crippen molar-refractivity contribution < 1.29 is 23.9 Å². The molecule has 2 aromatic rings. The number of rotatable bonds is 11. The molecule has 0 saturated carbocycles. The molecule has 2 aromatic carbocycles. The van der Waals surface area contributed by atoms with Crippen LogP contribution < -0.4 is 9.47 Å². The lowest BCUT2D eigenvalue weighted by Gasteiger charge is -2.07. The molecule has 0 atom stereocenters. The van der Waals surface area contributed by atoms with Gasteiger partial charge in [-0.1, -0.05) is 39.0 Å². The molecule has 0 heterocycles. The smallest absolute Gasteiger partial charge is 0.343 e. The van der Waals surface area contributed by atoms with Crippen LogP contribution in [0.3, 0.4) is 0 Å². The first-order valence-electron chi connectivity index (χ1n) is 9.82. The van der Waals surface area contributed by atoms with E-state index >= 15 is 0 Å². The number of carbonyl (C=O) groups excluding carboxylic acids is 3. The maximum atomic E-state index is 12.2. The second-order valence-electron chi connectivity index (χ2n) is 6.70. The highest BCUT2D eigenvalue weighted by molar-refractivity contribution is 6.67. The van der Waals surface area contributed by atoms with E-state index in [1.807, 2.05) is 0 Å². The molecule has 2 rings (SSSR count). The first-order chi connectivity index (χ1) is 14.0. The van der Waals surface area contributed by atoms with Crippen molar-refractivity contribution in [1.82, 2.24) is 0 Å². The predicted molar refractivity (Wildman–Crippen MR) is 112 cm³/mol. The Morgan fingerprint density at radius 3 is 1.83 bits per heavy atom. The third-order valence-corrected chi connectivity index (χ3v) is 4.57. The van der Waals surface area contributed by atoms with E-state index in [0.29, 0.717) is 29.0 Å². The Kier molecular flexibility index (Phi) is 9.38. The van der Waals surface area contributed by atoms with Gasteiger partial charge in [0.15, 0.2) is 0 Å². The summed E-state index contributed by atoms with van der Waals surface area (Å²) in [6, 6.07) is 12.1. The molecule has 0 N–H and O–H groups in total. The van der Waals surface area contributed by atoms with Crippen molar-refractivity contribution >= 4 is 28.8 Å². The minimum atomic E-state index is -0.579. The van der Waals surface area contributed by atoms with Gasteiger partial charge < -0.3 is 9.47 Å². The average Bonchev–Trinajstić information content (AvgIpc) is 2.71. The molecule has 0 amide bonds. The van der Waals surface area contributed by atoms with Gasteiger partial charge >= 0.3 is 11.9 Å². The van der Waals surface area contributed by atoms with Crippen LogP contribution in [0.2, 0.25) is 0 Å². The quantitative estimate of drug-likeness (QED) is 0.196. The van der Waals surface area contributed by atoms with Gasteiger partial charge in [0.2, 0.25) is 0 Å². The molecular weight excluding hydrogens is 392 g/mol. The van der Waals surface area contributed by atoms with Gasteiger partial charge in [-0.15, -0.1) is 0 Å². The van der Waals surface area contributed by atoms with Crippen LogP contribution in [-0.4, -0.2) is 17.2 Å². The monoisotopic (exact) mass is 416 g/mol. The van der Waals surface area contributed by atoms with E-state index < -0.39 is 11.2 Å². The van der Waals surface area contributed by atoms with Gasteiger partial charge in [0.1, 0.15) is 11.5 Å². The number of hydrogen-bond acceptors (Lipinski definition) is 5. The number of unbranched alkanes of at least 4 members (excludes halogenated alkanes) is 5. The molecule has 0 radical (unpaired) electrons. The van der Waals surface area contributed by atoms with E-state index in [2.05, 4.69) is 6.92 Å². The first kappa shape index (κ1) is 22.6. The third kappa shape index (κ3) is 8.08. The first-order valence-corrected chi connectivity index (χ1v) is 10.2. The largest absolute Gasteiger partial charge is 0.427 e. The molecule has 0 saturated heterocycles. The molecule has 0 spiro atoms. The standard InChI is InChI=1S/C23H25ClO5/c1-2-3-4-5-6-7-8-21(25)28-19-15-11-18(12-16-19)23(27)29-20-13-9-17(10-14-20)22(24)26/h9-16H,2-8H2,1H3. The van der Waals surface area contributed by atoms with Crippen molar-refractivity contribution in [2.45, 2.75) is 51.9 Å². The van der Waals surface area contributed by atoms with Gasteiger partial charge in [0.25, 0.3) is 5.24 Å². The van der Waals surface area contributed by atoms with Gasteiger partial charge in [-0.25, -0.2) is 4.79 Å². The topological polar surface area (TPSA) is 69.7 Å². The van der Waals surface area contributed by atoms with Crippen LogP contribution in [0.1, 0.15) is 72.6 Å². The van der Waals surface area contributed by atoms with Crippen molar-refractivity contribution in [3.63, 3.8) is 0 Å². The van der Waals surface area contributed by atoms with E-state index in [4.69, 9.17) is 21.1 Å². The fourth-order valence-corrected chi connectivity index (χ4v) is 2.84. The molecule has 154 valence electrons. The molecule has 0 aromatic heterocycles. The van der Waals surface area contributed by atoms with Crippen molar-refractivity contribution in [3.05, 3.63) is 59.7 Å². The molecule has 29 heavy (non-hydrogen) atoms. The highest BCUT2D eigenvalue weighted by Gasteiger charge is 2.11. The van der Waals surface area contributed by atoms with Gasteiger partial charge in [0.05, 0.1) is 5.56 Å². The Labute approximate surface area is 176 Å². The highest BCUT2D eigenvalue weighted by atomic mass is 35.5. The Morgan fingerprint density at radius 1 is 0.724 bits per heavy atom. The summed E-state index contributed by atoms with van der Waals surface area (Å²) in [5.41, 5.74) is 0.636. The number of hydrogen-bond donors (Lipinski definition) is 0. The zero-order chi connectivity index (χ0) is 21.1. The molecule has 5 nitrogen and oxygen atoms in total. The van der Waals surface area contributed by atoms with E-state index in [0.717, 1.165) is 19.3 Å². The van der Waals surface area contributed by atoms with Crippen LogP contribution in [0.25, 0.3) is 0 Å². The normalized spacial score (nSPS) is 10.4. The summed E-state index contributed by atoms with van der Waals surface area (Å²) in [4.78, 5) is 35.1. The Hall–Kier alpha value is -2.66. The van der Waals surface area contributed by atoms with E-state index in [9.17, 15) is 14.4 Å². The number of esters is 2. The minimum absolute atomic E-state index is 0.273. The molecule has 6 heteroatoms. The Balaban J connectivity index is 1.79. The number of benzene rings is 2. The van der Waals surface area contributed by atoms with Gasteiger partial charge in [0, 0.05) is 12.0 Å². The van der Waals surface area contributed by atoms with Crippen molar-refractivity contribution in [2.24, 2.45) is 0 Å². The molecule has 0 aliphatic carbocycles. The van der Waals surface area contributed by atoms with E-state index in [1.54, 1.807) is 12.1 Å². The van der Waals surface area contributed by atoms with E-state index in [-0.39, 0.29) is 5.97 Å². The van der Waals surface area contributed by atoms with Crippen LogP contribution in [-0.2, 0) is 4.79 Å². The maximum Gasteiger partial charge on any atom is 0.343 e. The van der Waals surface area contributed by atoms with Crippen molar-refractivity contribution in [3.8, 4) is 11.5 Å². The fraction of sp³-hybridized carbons (Fsp3) is 0.348. The third-order valence-electron chi connectivity index (χ3n) is 4.35. The van der Waals surface area contributed by atoms with Gasteiger partial charge in [-0.05, 0) is 66.6 Å². The summed E-state index contributed by atoms with van der Waals surface area (Å²) < 4.78 is 10.5. The average molecular weight is 417 g/mol. The molecule has 0 fully saturated rings. The summed E-state index contributed by atoms with van der Waals surface area (Å²) in [6.07, 6.45) is 7.02. The highest BCUT2D eigenvalue weighted by Crippen LogP contribution is 2.18. The van der Waals surface area contributed by atoms with Gasteiger partial charge in [-0.3, -0.25) is 9.59 Å². The minimum Gasteiger partial charge on any atom is -0.427 e. The summed E-state index contributed by atoms with van der Waals surface area (Å²) in [7, 11) is 0. The van der Waals surface area contributed by atoms with Crippen LogP contribution in [0.15, 0.2) is 48.5 Å². The summed E-state index contributed by atoms with van der Waals surface area (Å²) >= 11 is 5.38. The molecule has 0 unspecified atom stereocenters. The van der Waals surface area contributed by atoms with E-state index in [1.165, 1.54) is 55.7 Å². The lowest BCUT2D eigenvalue weighted by molar-refractivity contribution is -0.134. The van der Waals surface area contributed by atoms with Crippen LogP contribution in [0.4, 0.5) is 0 Å². The fourth-order valence-electron chi connectivity index (χ4n) is 2.71. The summed E-state index contributed by atoms with van der Waals surface area (Å²) in [5.74, 6) is -0.140. The number of ether oxygens (including phenoxy) is 2. The molecule has 0 bridgehead atoms. The maximum absolute atomic E-state index is 12.2. The lowest BCUT2D eigenvalue weighted by atomic mass is 10.1. The number of carbonyl (C=O) groups is 3. The lowest BCUT2D eigenvalue weighted by Crippen LogP contribution is -2.10. The summed E-state index contributed by atoms with van der Waals surface area (Å²) in [5, 5.41) is -0.579. The predicted octanol–water partition coefficient (Wildman–Crippen LogP) is 5.94. The zero-order valence-electron chi connectivity index (χ0n) is 16.5. The zero-order valence-corrected chi connectivity index (χ0v) is 17.2. The van der Waals surface area contributed by atoms with Crippen LogP contribution in [0.5, 0.6) is 11.5 Å². The van der Waals surface area contributed by atoms with Crippen molar-refractivity contribution in [2.75, 3.05) is 0 Å². The van der Waals surface area contributed by atoms with Crippen LogP contribution >= 0.6 is 11.6 Å². The van der Waals surface area contributed by atoms with Crippen molar-refractivity contribution in [1.29, 1.82) is 0 Å².